The molecule has 2 heterocycles. The summed E-state index contributed by atoms with van der Waals surface area (Å²) < 4.78 is 23.4. The first-order valence-electron chi connectivity index (χ1n) is 6.05. The molecule has 18 heavy (non-hydrogen) atoms. The molecule has 0 aliphatic carbocycles. The van der Waals surface area contributed by atoms with Crippen LogP contribution >= 0.6 is 0 Å². The molecule has 1 fully saturated rings. The Balaban J connectivity index is 2.23. The number of nitrogens with two attached hydrogens (primary N) is 1. The van der Waals surface area contributed by atoms with Gasteiger partial charge in [-0.2, -0.15) is 0 Å². The molecule has 0 atom stereocenters. The van der Waals surface area contributed by atoms with Crippen molar-refractivity contribution in [2.24, 2.45) is 5.73 Å². The second kappa shape index (κ2) is 4.51. The third kappa shape index (κ3) is 2.49. The molecule has 0 amide bonds. The molecule has 1 saturated heterocycles. The maximum Gasteiger partial charge on any atom is 0.179 e. The van der Waals surface area contributed by atoms with Crippen molar-refractivity contribution in [1.82, 2.24) is 4.98 Å². The minimum absolute atomic E-state index is 0.193. The van der Waals surface area contributed by atoms with Gasteiger partial charge in [-0.1, -0.05) is 13.3 Å². The van der Waals surface area contributed by atoms with Crippen LogP contribution in [0.1, 0.15) is 19.8 Å². The zero-order valence-electron chi connectivity index (χ0n) is 10.8. The molecule has 1 aromatic rings. The topological polar surface area (TPSA) is 76.3 Å². The Kier molecular flexibility index (Phi) is 3.33. The van der Waals surface area contributed by atoms with Gasteiger partial charge < -0.3 is 10.6 Å². The lowest BCUT2D eigenvalue weighted by atomic mass is 9.86. The third-order valence-corrected chi connectivity index (χ3v) is 4.33. The highest BCUT2D eigenvalue weighted by Crippen LogP contribution is 2.31. The first kappa shape index (κ1) is 13.3. The fourth-order valence-corrected chi connectivity index (χ4v) is 3.27. The van der Waals surface area contributed by atoms with Gasteiger partial charge >= 0.3 is 0 Å². The summed E-state index contributed by atoms with van der Waals surface area (Å²) in [6.45, 7) is 3.43. The maximum atomic E-state index is 11.7. The van der Waals surface area contributed by atoms with E-state index in [2.05, 4.69) is 11.9 Å². The summed E-state index contributed by atoms with van der Waals surface area (Å²) in [6.07, 6.45) is 4.80. The van der Waals surface area contributed by atoms with Gasteiger partial charge in [-0.05, 0) is 18.6 Å². The molecule has 0 unspecified atom stereocenters. The second-order valence-corrected chi connectivity index (χ2v) is 7.05. The third-order valence-electron chi connectivity index (χ3n) is 3.21. The van der Waals surface area contributed by atoms with Crippen molar-refractivity contribution in [3.63, 3.8) is 0 Å². The van der Waals surface area contributed by atoms with Crippen LogP contribution in [-0.2, 0) is 9.84 Å². The molecule has 0 saturated carbocycles. The SMILES string of the molecule is CCCC1(N)CN(c2ncccc2S(C)(=O)=O)C1. The quantitative estimate of drug-likeness (QED) is 0.875. The molecule has 100 valence electrons. The van der Waals surface area contributed by atoms with Gasteiger partial charge in [-0.25, -0.2) is 13.4 Å². The first-order valence-corrected chi connectivity index (χ1v) is 7.94. The van der Waals surface area contributed by atoms with E-state index < -0.39 is 9.84 Å². The van der Waals surface area contributed by atoms with Gasteiger partial charge in [0.1, 0.15) is 10.7 Å². The monoisotopic (exact) mass is 269 g/mol. The summed E-state index contributed by atoms with van der Waals surface area (Å²) >= 11 is 0. The Bertz CT molecular complexity index is 536. The highest BCUT2D eigenvalue weighted by atomic mass is 32.2. The van der Waals surface area contributed by atoms with Gasteiger partial charge in [0.25, 0.3) is 0 Å². The fraction of sp³-hybridized carbons (Fsp3) is 0.583. The average Bonchev–Trinajstić information content (AvgIpc) is 2.25. The van der Waals surface area contributed by atoms with Crippen molar-refractivity contribution in [3.05, 3.63) is 18.3 Å². The van der Waals surface area contributed by atoms with Crippen LogP contribution in [0.25, 0.3) is 0 Å². The zero-order chi connectivity index (χ0) is 13.4. The molecule has 0 radical (unpaired) electrons. The van der Waals surface area contributed by atoms with E-state index in [-0.39, 0.29) is 10.4 Å². The molecule has 1 aliphatic rings. The summed E-state index contributed by atoms with van der Waals surface area (Å²) in [6, 6.07) is 3.23. The van der Waals surface area contributed by atoms with Crippen molar-refractivity contribution < 1.29 is 8.42 Å². The van der Waals surface area contributed by atoms with E-state index in [4.69, 9.17) is 5.73 Å². The summed E-state index contributed by atoms with van der Waals surface area (Å²) in [5, 5.41) is 0. The van der Waals surface area contributed by atoms with Crippen LogP contribution in [0.2, 0.25) is 0 Å². The highest BCUT2D eigenvalue weighted by molar-refractivity contribution is 7.90. The number of aromatic nitrogens is 1. The van der Waals surface area contributed by atoms with Crippen molar-refractivity contribution in [3.8, 4) is 0 Å². The van der Waals surface area contributed by atoms with Crippen molar-refractivity contribution in [2.45, 2.75) is 30.2 Å². The predicted molar refractivity (Wildman–Crippen MR) is 71.4 cm³/mol. The van der Waals surface area contributed by atoms with E-state index in [9.17, 15) is 8.42 Å². The van der Waals surface area contributed by atoms with E-state index in [1.165, 1.54) is 6.26 Å². The number of sulfone groups is 1. The Morgan fingerprint density at radius 2 is 2.17 bits per heavy atom. The molecule has 0 bridgehead atoms. The van der Waals surface area contributed by atoms with Crippen LogP contribution in [-0.4, -0.2) is 38.3 Å². The van der Waals surface area contributed by atoms with E-state index in [0.717, 1.165) is 12.8 Å². The van der Waals surface area contributed by atoms with Crippen LogP contribution in [0.3, 0.4) is 0 Å². The smallest absolute Gasteiger partial charge is 0.179 e. The van der Waals surface area contributed by atoms with Gasteiger partial charge in [-0.15, -0.1) is 0 Å². The standard InChI is InChI=1S/C12H19N3O2S/c1-3-6-12(13)8-15(9-12)11-10(18(2,16)17)5-4-7-14-11/h4-5,7H,3,6,8-9,13H2,1-2H3. The molecular weight excluding hydrogens is 250 g/mol. The van der Waals surface area contributed by atoms with E-state index >= 15 is 0 Å². The summed E-state index contributed by atoms with van der Waals surface area (Å²) in [5.41, 5.74) is 5.99. The molecule has 2 N–H and O–H groups in total. The van der Waals surface area contributed by atoms with Gasteiger partial charge in [0.2, 0.25) is 0 Å². The number of hydrogen-bond acceptors (Lipinski definition) is 5. The first-order chi connectivity index (χ1) is 8.36. The maximum absolute atomic E-state index is 11.7. The summed E-state index contributed by atoms with van der Waals surface area (Å²) in [7, 11) is -3.25. The number of hydrogen-bond donors (Lipinski definition) is 1. The van der Waals surface area contributed by atoms with Crippen LogP contribution in [0, 0.1) is 0 Å². The zero-order valence-corrected chi connectivity index (χ0v) is 11.6. The molecule has 5 nitrogen and oxygen atoms in total. The van der Waals surface area contributed by atoms with Crippen LogP contribution < -0.4 is 10.6 Å². The van der Waals surface area contributed by atoms with Gasteiger partial charge in [0.15, 0.2) is 9.84 Å². The van der Waals surface area contributed by atoms with E-state index in [1.807, 2.05) is 4.90 Å². The second-order valence-electron chi connectivity index (χ2n) is 5.07. The summed E-state index contributed by atoms with van der Waals surface area (Å²) in [5.74, 6) is 0.525. The van der Waals surface area contributed by atoms with E-state index in [1.54, 1.807) is 18.3 Å². The Hall–Kier alpha value is -1.14. The molecule has 6 heteroatoms. The van der Waals surface area contributed by atoms with Crippen LogP contribution in [0.5, 0.6) is 0 Å². The molecule has 2 rings (SSSR count). The van der Waals surface area contributed by atoms with Crippen molar-refractivity contribution in [2.75, 3.05) is 24.2 Å². The Labute approximate surface area is 108 Å². The normalized spacial score (nSPS) is 18.5. The molecule has 0 aromatic carbocycles. The largest absolute Gasteiger partial charge is 0.352 e. The minimum atomic E-state index is -3.25. The van der Waals surface area contributed by atoms with Crippen molar-refractivity contribution >= 4 is 15.7 Å². The lowest BCUT2D eigenvalue weighted by molar-refractivity contribution is 0.304. The molecule has 1 aliphatic heterocycles. The van der Waals surface area contributed by atoms with Crippen LogP contribution in [0.4, 0.5) is 5.82 Å². The molecule has 0 spiro atoms. The lowest BCUT2D eigenvalue weighted by Crippen LogP contribution is -2.67. The lowest BCUT2D eigenvalue weighted by Gasteiger charge is -2.48. The van der Waals surface area contributed by atoms with Crippen LogP contribution in [0.15, 0.2) is 23.2 Å². The van der Waals surface area contributed by atoms with Gasteiger partial charge in [-0.3, -0.25) is 0 Å². The minimum Gasteiger partial charge on any atom is -0.352 e. The average molecular weight is 269 g/mol. The number of pyridine rings is 1. The van der Waals surface area contributed by atoms with Gasteiger partial charge in [0, 0.05) is 25.5 Å². The summed E-state index contributed by atoms with van der Waals surface area (Å²) in [4.78, 5) is 6.40. The molecule has 1 aromatic heterocycles. The Morgan fingerprint density at radius 3 is 2.72 bits per heavy atom. The number of nitrogens with zero attached hydrogens (tertiary/aromatic N) is 2. The Morgan fingerprint density at radius 1 is 1.50 bits per heavy atom. The number of rotatable bonds is 4. The number of anilines is 1. The van der Waals surface area contributed by atoms with Gasteiger partial charge in [0.05, 0.1) is 5.54 Å². The van der Waals surface area contributed by atoms with Crippen molar-refractivity contribution in [1.29, 1.82) is 0 Å². The molecular formula is C12H19N3O2S. The fourth-order valence-electron chi connectivity index (χ4n) is 2.43. The highest BCUT2D eigenvalue weighted by Gasteiger charge is 2.40. The van der Waals surface area contributed by atoms with E-state index in [0.29, 0.717) is 18.9 Å². The predicted octanol–water partition coefficient (Wildman–Crippen LogP) is 0.803.